The van der Waals surface area contributed by atoms with E-state index in [-0.39, 0.29) is 0 Å². The number of carbonyl (C=O) groups is 1. The molecule has 0 aliphatic rings. The molecule has 1 aromatic carbocycles. The molecule has 1 unspecified atom stereocenters. The fraction of sp³-hybridized carbons (Fsp3) is 0.462. The minimum Gasteiger partial charge on any atom is -0.493 e. The van der Waals surface area contributed by atoms with Gasteiger partial charge in [0.05, 0.1) is 20.1 Å². The number of hydrogen-bond donors (Lipinski definition) is 2. The standard InChI is InChI=1S/C13H19NO4/c1-9(13(15)16)7-14-8-10-4-5-11(17-2)12(6-10)18-3/h4-6,9,14H,7-8H2,1-3H3,(H,15,16). The fourth-order valence-corrected chi connectivity index (χ4v) is 1.51. The summed E-state index contributed by atoms with van der Waals surface area (Å²) in [5, 5.41) is 11.8. The summed E-state index contributed by atoms with van der Waals surface area (Å²) in [6, 6.07) is 5.62. The number of benzene rings is 1. The third-order valence-electron chi connectivity index (χ3n) is 2.65. The summed E-state index contributed by atoms with van der Waals surface area (Å²) in [5.74, 6) is 0.156. The van der Waals surface area contributed by atoms with Crippen molar-refractivity contribution in [3.05, 3.63) is 23.8 Å². The number of nitrogens with one attached hydrogen (secondary N) is 1. The van der Waals surface area contributed by atoms with Gasteiger partial charge in [0.15, 0.2) is 11.5 Å². The lowest BCUT2D eigenvalue weighted by atomic mass is 10.1. The van der Waals surface area contributed by atoms with Gasteiger partial charge in [0.1, 0.15) is 0 Å². The molecule has 0 fully saturated rings. The second kappa shape index (κ2) is 6.86. The minimum atomic E-state index is -0.796. The van der Waals surface area contributed by atoms with Crippen molar-refractivity contribution in [3.63, 3.8) is 0 Å². The summed E-state index contributed by atoms with van der Waals surface area (Å²) >= 11 is 0. The van der Waals surface area contributed by atoms with Gasteiger partial charge in [-0.25, -0.2) is 0 Å². The first-order chi connectivity index (χ1) is 8.58. The van der Waals surface area contributed by atoms with E-state index >= 15 is 0 Å². The maximum atomic E-state index is 10.6. The van der Waals surface area contributed by atoms with Crippen LogP contribution in [0.2, 0.25) is 0 Å². The van der Waals surface area contributed by atoms with E-state index in [1.54, 1.807) is 21.1 Å². The average Bonchev–Trinajstić information content (AvgIpc) is 2.38. The fourth-order valence-electron chi connectivity index (χ4n) is 1.51. The highest BCUT2D eigenvalue weighted by atomic mass is 16.5. The summed E-state index contributed by atoms with van der Waals surface area (Å²) in [5.41, 5.74) is 1.02. The van der Waals surface area contributed by atoms with Crippen LogP contribution in [0.15, 0.2) is 18.2 Å². The molecule has 1 aromatic rings. The molecule has 0 amide bonds. The van der Waals surface area contributed by atoms with Crippen LogP contribution in [0.25, 0.3) is 0 Å². The SMILES string of the molecule is COc1ccc(CNCC(C)C(=O)O)cc1OC. The minimum absolute atomic E-state index is 0.398. The molecule has 0 saturated heterocycles. The molecule has 0 aliphatic heterocycles. The van der Waals surface area contributed by atoms with Gasteiger partial charge < -0.3 is 19.9 Å². The number of methoxy groups -OCH3 is 2. The first-order valence-electron chi connectivity index (χ1n) is 5.73. The number of rotatable bonds is 7. The summed E-state index contributed by atoms with van der Waals surface area (Å²) in [4.78, 5) is 10.6. The first-order valence-corrected chi connectivity index (χ1v) is 5.73. The highest BCUT2D eigenvalue weighted by Crippen LogP contribution is 2.27. The molecule has 0 aliphatic carbocycles. The second-order valence-corrected chi connectivity index (χ2v) is 4.06. The van der Waals surface area contributed by atoms with E-state index in [9.17, 15) is 4.79 Å². The maximum Gasteiger partial charge on any atom is 0.307 e. The zero-order valence-corrected chi connectivity index (χ0v) is 10.9. The van der Waals surface area contributed by atoms with Crippen LogP contribution in [-0.4, -0.2) is 31.8 Å². The Morgan fingerprint density at radius 2 is 2.00 bits per heavy atom. The third kappa shape index (κ3) is 3.92. The summed E-state index contributed by atoms with van der Waals surface area (Å²) in [7, 11) is 3.17. The quantitative estimate of drug-likeness (QED) is 0.771. The predicted molar refractivity (Wildman–Crippen MR) is 68.1 cm³/mol. The number of hydrogen-bond acceptors (Lipinski definition) is 4. The lowest BCUT2D eigenvalue weighted by molar-refractivity contribution is -0.140. The van der Waals surface area contributed by atoms with Gasteiger partial charge in [0.2, 0.25) is 0 Å². The van der Waals surface area contributed by atoms with Crippen LogP contribution in [-0.2, 0) is 11.3 Å². The molecule has 2 N–H and O–H groups in total. The van der Waals surface area contributed by atoms with Crippen LogP contribution in [0.1, 0.15) is 12.5 Å². The van der Waals surface area contributed by atoms with Crippen LogP contribution in [0.5, 0.6) is 11.5 Å². The summed E-state index contributed by atoms with van der Waals surface area (Å²) < 4.78 is 10.3. The smallest absolute Gasteiger partial charge is 0.307 e. The van der Waals surface area contributed by atoms with Crippen molar-refractivity contribution in [1.29, 1.82) is 0 Å². The highest BCUT2D eigenvalue weighted by molar-refractivity contribution is 5.69. The summed E-state index contributed by atoms with van der Waals surface area (Å²) in [6.07, 6.45) is 0. The van der Waals surface area contributed by atoms with Gasteiger partial charge in [-0.1, -0.05) is 13.0 Å². The van der Waals surface area contributed by atoms with Gasteiger partial charge in [-0.05, 0) is 17.7 Å². The molecule has 1 atom stereocenters. The molecule has 0 saturated carbocycles. The first kappa shape index (κ1) is 14.3. The molecular formula is C13H19NO4. The Kier molecular flexibility index (Phi) is 5.45. The largest absolute Gasteiger partial charge is 0.493 e. The average molecular weight is 253 g/mol. The van der Waals surface area contributed by atoms with Gasteiger partial charge in [-0.2, -0.15) is 0 Å². The zero-order valence-electron chi connectivity index (χ0n) is 10.9. The third-order valence-corrected chi connectivity index (χ3v) is 2.65. The molecular weight excluding hydrogens is 234 g/mol. The van der Waals surface area contributed by atoms with E-state index in [1.807, 2.05) is 18.2 Å². The van der Waals surface area contributed by atoms with Gasteiger partial charge in [0.25, 0.3) is 0 Å². The molecule has 100 valence electrons. The second-order valence-electron chi connectivity index (χ2n) is 4.06. The van der Waals surface area contributed by atoms with E-state index in [2.05, 4.69) is 5.32 Å². The van der Waals surface area contributed by atoms with Gasteiger partial charge in [-0.15, -0.1) is 0 Å². The molecule has 1 rings (SSSR count). The Balaban J connectivity index is 2.55. The number of carboxylic acids is 1. The Morgan fingerprint density at radius 1 is 1.33 bits per heavy atom. The van der Waals surface area contributed by atoms with Gasteiger partial charge in [0, 0.05) is 13.1 Å². The lowest BCUT2D eigenvalue weighted by Gasteiger charge is -2.11. The Bertz CT molecular complexity index is 406. The summed E-state index contributed by atoms with van der Waals surface area (Å²) in [6.45, 7) is 2.70. The predicted octanol–water partition coefficient (Wildman–Crippen LogP) is 1.51. The van der Waals surface area contributed by atoms with Crippen LogP contribution in [0.4, 0.5) is 0 Å². The molecule has 0 aromatic heterocycles. The molecule has 5 nitrogen and oxygen atoms in total. The van der Waals surface area contributed by atoms with Crippen molar-refractivity contribution in [2.45, 2.75) is 13.5 Å². The van der Waals surface area contributed by atoms with E-state index < -0.39 is 11.9 Å². The highest BCUT2D eigenvalue weighted by Gasteiger charge is 2.10. The van der Waals surface area contributed by atoms with Crippen molar-refractivity contribution in [3.8, 4) is 11.5 Å². The molecule has 0 spiro atoms. The molecule has 18 heavy (non-hydrogen) atoms. The maximum absolute atomic E-state index is 10.6. The van der Waals surface area contributed by atoms with Crippen LogP contribution < -0.4 is 14.8 Å². The van der Waals surface area contributed by atoms with Crippen molar-refractivity contribution in [1.82, 2.24) is 5.32 Å². The van der Waals surface area contributed by atoms with E-state index in [4.69, 9.17) is 14.6 Å². The topological polar surface area (TPSA) is 67.8 Å². The molecule has 0 heterocycles. The van der Waals surface area contributed by atoms with E-state index in [0.29, 0.717) is 24.6 Å². The Hall–Kier alpha value is -1.75. The number of carboxylic acid groups (broad SMARTS) is 1. The lowest BCUT2D eigenvalue weighted by Crippen LogP contribution is -2.25. The number of ether oxygens (including phenoxy) is 2. The van der Waals surface area contributed by atoms with Crippen LogP contribution in [0.3, 0.4) is 0 Å². The van der Waals surface area contributed by atoms with Gasteiger partial charge in [-0.3, -0.25) is 4.79 Å². The van der Waals surface area contributed by atoms with Crippen LogP contribution >= 0.6 is 0 Å². The van der Waals surface area contributed by atoms with E-state index in [0.717, 1.165) is 5.56 Å². The normalized spacial score (nSPS) is 11.9. The molecule has 0 radical (unpaired) electrons. The molecule has 0 bridgehead atoms. The zero-order chi connectivity index (χ0) is 13.5. The van der Waals surface area contributed by atoms with Crippen molar-refractivity contribution in [2.75, 3.05) is 20.8 Å². The van der Waals surface area contributed by atoms with Gasteiger partial charge >= 0.3 is 5.97 Å². The number of aliphatic carboxylic acids is 1. The Morgan fingerprint density at radius 3 is 2.56 bits per heavy atom. The Labute approximate surface area is 107 Å². The van der Waals surface area contributed by atoms with Crippen molar-refractivity contribution in [2.24, 2.45) is 5.92 Å². The monoisotopic (exact) mass is 253 g/mol. The van der Waals surface area contributed by atoms with Crippen LogP contribution in [0, 0.1) is 5.92 Å². The molecule has 5 heteroatoms. The van der Waals surface area contributed by atoms with Crippen molar-refractivity contribution < 1.29 is 19.4 Å². The van der Waals surface area contributed by atoms with E-state index in [1.165, 1.54) is 0 Å². The van der Waals surface area contributed by atoms with Crippen molar-refractivity contribution >= 4 is 5.97 Å².